The molecule has 9 heteroatoms. The van der Waals surface area contributed by atoms with Crippen LogP contribution in [0.2, 0.25) is 0 Å². The lowest BCUT2D eigenvalue weighted by Crippen LogP contribution is -2.29. The lowest BCUT2D eigenvalue weighted by molar-refractivity contribution is -0.161. The topological polar surface area (TPSA) is 119 Å². The molecule has 0 aliphatic heterocycles. The monoisotopic (exact) mass is 660 g/mol. The molecular weight excluding hydrogens is 591 g/mol. The molecule has 1 unspecified atom stereocenters. The summed E-state index contributed by atoms with van der Waals surface area (Å²) in [5.74, 6) is -0.885. The van der Waals surface area contributed by atoms with Crippen LogP contribution in [-0.4, -0.2) is 41.0 Å². The fourth-order valence-electron chi connectivity index (χ4n) is 5.25. The molecule has 0 amide bonds. The summed E-state index contributed by atoms with van der Waals surface area (Å²) in [4.78, 5) is 42.6. The summed E-state index contributed by atoms with van der Waals surface area (Å²) < 4.78 is 26.2. The van der Waals surface area contributed by atoms with Crippen molar-refractivity contribution in [2.75, 3.05) is 13.2 Å². The lowest BCUT2D eigenvalue weighted by atomic mass is 10.1. The van der Waals surface area contributed by atoms with Gasteiger partial charge in [-0.1, -0.05) is 148 Å². The Hall–Kier alpha value is -1.21. The SMILES string of the molecule is CCCCCCCC/C=C\CCCCCCCCCC(=O)OC(COC(=O)CCCCCCCCCCCC)COP(=O)(O)O. The minimum absolute atomic E-state index is 0.211. The molecule has 2 N–H and O–H groups in total. The highest BCUT2D eigenvalue weighted by Crippen LogP contribution is 2.36. The van der Waals surface area contributed by atoms with Crippen LogP contribution in [0.1, 0.15) is 187 Å². The van der Waals surface area contributed by atoms with Crippen molar-refractivity contribution in [3.05, 3.63) is 12.2 Å². The first-order chi connectivity index (χ1) is 21.8. The van der Waals surface area contributed by atoms with Gasteiger partial charge < -0.3 is 19.3 Å². The third-order valence-corrected chi connectivity index (χ3v) is 8.52. The Morgan fingerprint density at radius 2 is 0.933 bits per heavy atom. The van der Waals surface area contributed by atoms with E-state index in [2.05, 4.69) is 30.5 Å². The average Bonchev–Trinajstić information content (AvgIpc) is 3.00. The summed E-state index contributed by atoms with van der Waals surface area (Å²) in [6.07, 6.45) is 33.6. The number of carbonyl (C=O) groups excluding carboxylic acids is 2. The molecule has 1 atom stereocenters. The highest BCUT2D eigenvalue weighted by molar-refractivity contribution is 7.46. The molecule has 45 heavy (non-hydrogen) atoms. The molecule has 0 rings (SSSR count). The van der Waals surface area contributed by atoms with Gasteiger partial charge in [0.25, 0.3) is 0 Å². The molecule has 0 bridgehead atoms. The molecule has 0 radical (unpaired) electrons. The number of esters is 2. The van der Waals surface area contributed by atoms with E-state index in [1.807, 2.05) is 0 Å². The van der Waals surface area contributed by atoms with E-state index in [0.717, 1.165) is 44.9 Å². The first kappa shape index (κ1) is 43.8. The van der Waals surface area contributed by atoms with Gasteiger partial charge in [-0.15, -0.1) is 0 Å². The second-order valence-corrected chi connectivity index (χ2v) is 13.8. The number of hydrogen-bond donors (Lipinski definition) is 2. The number of phosphoric acid groups is 1. The average molecular weight is 661 g/mol. The minimum Gasteiger partial charge on any atom is -0.462 e. The smallest absolute Gasteiger partial charge is 0.462 e. The zero-order valence-corrected chi connectivity index (χ0v) is 29.9. The van der Waals surface area contributed by atoms with E-state index in [-0.39, 0.29) is 19.4 Å². The van der Waals surface area contributed by atoms with Gasteiger partial charge >= 0.3 is 19.8 Å². The molecule has 0 heterocycles. The summed E-state index contributed by atoms with van der Waals surface area (Å²) in [5.41, 5.74) is 0. The Bertz CT molecular complexity index is 751. The van der Waals surface area contributed by atoms with E-state index in [1.54, 1.807) is 0 Å². The van der Waals surface area contributed by atoms with Crippen molar-refractivity contribution in [1.29, 1.82) is 0 Å². The van der Waals surface area contributed by atoms with Gasteiger partial charge in [0.2, 0.25) is 0 Å². The van der Waals surface area contributed by atoms with Gasteiger partial charge in [-0.2, -0.15) is 0 Å². The molecule has 0 aromatic carbocycles. The van der Waals surface area contributed by atoms with Crippen LogP contribution in [0.4, 0.5) is 0 Å². The van der Waals surface area contributed by atoms with Crippen LogP contribution < -0.4 is 0 Å². The number of hydrogen-bond acceptors (Lipinski definition) is 6. The highest BCUT2D eigenvalue weighted by atomic mass is 31.2. The Balaban J connectivity index is 3.94. The summed E-state index contributed by atoms with van der Waals surface area (Å²) in [7, 11) is -4.74. The molecule has 0 aromatic rings. The first-order valence-electron chi connectivity index (χ1n) is 18.5. The van der Waals surface area contributed by atoms with Gasteiger partial charge in [-0.25, -0.2) is 4.57 Å². The standard InChI is InChI=1S/C36H69O8P/c1-3-5-7-9-11-13-15-16-17-18-19-20-21-23-25-27-29-31-36(38)44-34(33-43-45(39,40)41)32-42-35(37)30-28-26-24-22-14-12-10-8-6-4-2/h16-17,34H,3-15,18-33H2,1-2H3,(H2,39,40,41)/b17-16-. The van der Waals surface area contributed by atoms with Crippen LogP contribution in [0.3, 0.4) is 0 Å². The fraction of sp³-hybridized carbons (Fsp3) is 0.889. The molecule has 8 nitrogen and oxygen atoms in total. The van der Waals surface area contributed by atoms with E-state index < -0.39 is 32.5 Å². The van der Waals surface area contributed by atoms with E-state index in [0.29, 0.717) is 6.42 Å². The third kappa shape index (κ3) is 35.5. The van der Waals surface area contributed by atoms with Crippen molar-refractivity contribution in [1.82, 2.24) is 0 Å². The Kier molecular flexibility index (Phi) is 31.8. The first-order valence-corrected chi connectivity index (χ1v) is 20.0. The van der Waals surface area contributed by atoms with Crippen molar-refractivity contribution in [3.8, 4) is 0 Å². The maximum Gasteiger partial charge on any atom is 0.469 e. The second-order valence-electron chi connectivity index (χ2n) is 12.6. The summed E-state index contributed by atoms with van der Waals surface area (Å²) in [6, 6.07) is 0. The molecule has 0 saturated heterocycles. The zero-order valence-electron chi connectivity index (χ0n) is 29.0. The lowest BCUT2D eigenvalue weighted by Gasteiger charge is -2.18. The van der Waals surface area contributed by atoms with Gasteiger partial charge in [0.05, 0.1) is 6.61 Å². The number of unbranched alkanes of at least 4 members (excludes halogenated alkanes) is 22. The number of ether oxygens (including phenoxy) is 2. The predicted octanol–water partition coefficient (Wildman–Crippen LogP) is 10.7. The van der Waals surface area contributed by atoms with E-state index in [9.17, 15) is 14.2 Å². The number of carbonyl (C=O) groups is 2. The number of phosphoric ester groups is 1. The maximum absolute atomic E-state index is 12.3. The zero-order chi connectivity index (χ0) is 33.3. The predicted molar refractivity (Wildman–Crippen MR) is 184 cm³/mol. The molecular formula is C36H69O8P. The molecule has 0 fully saturated rings. The van der Waals surface area contributed by atoms with Crippen LogP contribution >= 0.6 is 7.82 Å². The molecule has 0 aliphatic carbocycles. The van der Waals surface area contributed by atoms with Crippen LogP contribution in [0.25, 0.3) is 0 Å². The number of rotatable bonds is 34. The second kappa shape index (κ2) is 32.7. The normalized spacial score (nSPS) is 12.5. The van der Waals surface area contributed by atoms with Crippen molar-refractivity contribution in [2.24, 2.45) is 0 Å². The van der Waals surface area contributed by atoms with Gasteiger partial charge in [-0.3, -0.25) is 14.1 Å². The number of allylic oxidation sites excluding steroid dienone is 2. The van der Waals surface area contributed by atoms with Crippen molar-refractivity contribution in [3.63, 3.8) is 0 Å². The fourth-order valence-corrected chi connectivity index (χ4v) is 5.61. The quantitative estimate of drug-likeness (QED) is 0.0303. The van der Waals surface area contributed by atoms with Crippen LogP contribution in [0.15, 0.2) is 12.2 Å². The van der Waals surface area contributed by atoms with Crippen molar-refractivity contribution >= 4 is 19.8 Å². The van der Waals surface area contributed by atoms with Crippen LogP contribution in [0, 0.1) is 0 Å². The van der Waals surface area contributed by atoms with Crippen molar-refractivity contribution < 1.29 is 37.9 Å². The molecule has 0 aliphatic rings. The van der Waals surface area contributed by atoms with Crippen LogP contribution in [-0.2, 0) is 28.2 Å². The third-order valence-electron chi connectivity index (χ3n) is 8.03. The van der Waals surface area contributed by atoms with E-state index >= 15 is 0 Å². The Morgan fingerprint density at radius 3 is 1.36 bits per heavy atom. The molecule has 266 valence electrons. The largest absolute Gasteiger partial charge is 0.469 e. The van der Waals surface area contributed by atoms with Gasteiger partial charge in [0, 0.05) is 12.8 Å². The van der Waals surface area contributed by atoms with Crippen molar-refractivity contribution in [2.45, 2.75) is 193 Å². The Morgan fingerprint density at radius 1 is 0.556 bits per heavy atom. The molecule has 0 spiro atoms. The van der Waals surface area contributed by atoms with E-state index in [4.69, 9.17) is 19.3 Å². The summed E-state index contributed by atoms with van der Waals surface area (Å²) in [6.45, 7) is 3.66. The molecule has 0 aromatic heterocycles. The van der Waals surface area contributed by atoms with Gasteiger partial charge in [-0.05, 0) is 38.5 Å². The molecule has 0 saturated carbocycles. The van der Waals surface area contributed by atoms with Crippen LogP contribution in [0.5, 0.6) is 0 Å². The van der Waals surface area contributed by atoms with E-state index in [1.165, 1.54) is 109 Å². The summed E-state index contributed by atoms with van der Waals surface area (Å²) >= 11 is 0. The van der Waals surface area contributed by atoms with Gasteiger partial charge in [0.15, 0.2) is 6.10 Å². The Labute approximate surface area is 276 Å². The summed E-state index contributed by atoms with van der Waals surface area (Å²) in [5, 5.41) is 0. The highest BCUT2D eigenvalue weighted by Gasteiger charge is 2.22. The maximum atomic E-state index is 12.3. The van der Waals surface area contributed by atoms with Gasteiger partial charge in [0.1, 0.15) is 6.61 Å². The minimum atomic E-state index is -4.74.